The van der Waals surface area contributed by atoms with Crippen molar-refractivity contribution in [3.05, 3.63) is 53.1 Å². The lowest BCUT2D eigenvalue weighted by molar-refractivity contribution is 0.171. The molecule has 0 aliphatic carbocycles. The fraction of sp³-hybridized carbons (Fsp3) is 0.316. The summed E-state index contributed by atoms with van der Waals surface area (Å²) in [5, 5.41) is 7.20. The van der Waals surface area contributed by atoms with Crippen molar-refractivity contribution in [3.8, 4) is 11.5 Å². The molecule has 1 aliphatic rings. The van der Waals surface area contributed by atoms with Gasteiger partial charge in [-0.15, -0.1) is 0 Å². The lowest BCUT2D eigenvalue weighted by Gasteiger charge is -2.22. The molecule has 0 radical (unpaired) electrons. The molecule has 1 atom stereocenters. The van der Waals surface area contributed by atoms with Gasteiger partial charge in [0, 0.05) is 5.69 Å². The Hall–Kier alpha value is -2.27. The zero-order valence-electron chi connectivity index (χ0n) is 14.2. The molecule has 4 nitrogen and oxygen atoms in total. The Morgan fingerprint density at radius 3 is 2.62 bits per heavy atom. The van der Waals surface area contributed by atoms with E-state index in [1.807, 2.05) is 30.3 Å². The van der Waals surface area contributed by atoms with E-state index in [4.69, 9.17) is 21.7 Å². The maximum absolute atomic E-state index is 5.64. The van der Waals surface area contributed by atoms with Crippen LogP contribution in [0, 0.1) is 13.8 Å². The molecule has 0 spiro atoms. The molecular weight excluding hydrogens is 320 g/mol. The maximum Gasteiger partial charge on any atom is 0.171 e. The number of fused-ring (bicyclic) bond motifs is 1. The standard InChI is InChI=1S/C19H22N2O2S/c1-12-5-4-6-16(13(12)2)21-19(24)20-14(3)15-7-8-17-18(11-15)23-10-9-22-17/h4-8,11,14H,9-10H2,1-3H3,(H2,20,21,24)/t14-/m1/s1. The maximum atomic E-state index is 5.64. The van der Waals surface area contributed by atoms with Crippen molar-refractivity contribution in [1.29, 1.82) is 0 Å². The SMILES string of the molecule is Cc1cccc(NC(=S)N[C@H](C)c2ccc3c(c2)OCCO3)c1C. The molecule has 0 saturated heterocycles. The first-order valence-corrected chi connectivity index (χ1v) is 8.48. The smallest absolute Gasteiger partial charge is 0.171 e. The van der Waals surface area contributed by atoms with Gasteiger partial charge in [-0.25, -0.2) is 0 Å². The van der Waals surface area contributed by atoms with E-state index < -0.39 is 0 Å². The summed E-state index contributed by atoms with van der Waals surface area (Å²) in [6.07, 6.45) is 0. The van der Waals surface area contributed by atoms with Crippen LogP contribution in [0.2, 0.25) is 0 Å². The van der Waals surface area contributed by atoms with Crippen molar-refractivity contribution in [2.45, 2.75) is 26.8 Å². The molecule has 5 heteroatoms. The van der Waals surface area contributed by atoms with E-state index in [-0.39, 0.29) is 6.04 Å². The van der Waals surface area contributed by atoms with Gasteiger partial charge < -0.3 is 20.1 Å². The van der Waals surface area contributed by atoms with Crippen LogP contribution < -0.4 is 20.1 Å². The van der Waals surface area contributed by atoms with Crippen molar-refractivity contribution in [2.75, 3.05) is 18.5 Å². The summed E-state index contributed by atoms with van der Waals surface area (Å²) in [5.74, 6) is 1.59. The molecular formula is C19H22N2O2S. The fourth-order valence-electron chi connectivity index (χ4n) is 2.65. The number of nitrogens with one attached hydrogen (secondary N) is 2. The number of ether oxygens (including phenoxy) is 2. The van der Waals surface area contributed by atoms with Crippen LogP contribution in [-0.2, 0) is 0 Å². The minimum Gasteiger partial charge on any atom is -0.486 e. The molecule has 3 rings (SSSR count). The van der Waals surface area contributed by atoms with Crippen LogP contribution in [-0.4, -0.2) is 18.3 Å². The lowest BCUT2D eigenvalue weighted by Crippen LogP contribution is -2.31. The third-order valence-corrected chi connectivity index (χ3v) is 4.49. The van der Waals surface area contributed by atoms with Gasteiger partial charge in [0.25, 0.3) is 0 Å². The van der Waals surface area contributed by atoms with Gasteiger partial charge in [0.1, 0.15) is 13.2 Å². The Morgan fingerprint density at radius 2 is 1.83 bits per heavy atom. The van der Waals surface area contributed by atoms with E-state index in [1.165, 1.54) is 11.1 Å². The predicted molar refractivity (Wildman–Crippen MR) is 101 cm³/mol. The number of benzene rings is 2. The monoisotopic (exact) mass is 342 g/mol. The predicted octanol–water partition coefficient (Wildman–Crippen LogP) is 4.12. The number of hydrogen-bond acceptors (Lipinski definition) is 3. The van der Waals surface area contributed by atoms with Crippen molar-refractivity contribution in [2.24, 2.45) is 0 Å². The number of thiocarbonyl (C=S) groups is 1. The Kier molecular flexibility index (Phi) is 4.90. The first kappa shape index (κ1) is 16.6. The van der Waals surface area contributed by atoms with Gasteiger partial charge in [0.15, 0.2) is 16.6 Å². The molecule has 0 saturated carbocycles. The van der Waals surface area contributed by atoms with Crippen molar-refractivity contribution >= 4 is 23.0 Å². The molecule has 0 aromatic heterocycles. The van der Waals surface area contributed by atoms with Gasteiger partial charge in [0.05, 0.1) is 6.04 Å². The van der Waals surface area contributed by atoms with Crippen LogP contribution in [0.5, 0.6) is 11.5 Å². The van der Waals surface area contributed by atoms with Crippen LogP contribution >= 0.6 is 12.2 Å². The van der Waals surface area contributed by atoms with Crippen molar-refractivity contribution in [3.63, 3.8) is 0 Å². The fourth-order valence-corrected chi connectivity index (χ4v) is 2.94. The molecule has 0 bridgehead atoms. The first-order valence-electron chi connectivity index (χ1n) is 8.08. The molecule has 2 N–H and O–H groups in total. The van der Waals surface area contributed by atoms with Gasteiger partial charge in [-0.05, 0) is 67.9 Å². The number of rotatable bonds is 3. The number of aryl methyl sites for hydroxylation is 1. The van der Waals surface area contributed by atoms with E-state index in [2.05, 4.69) is 37.5 Å². The average molecular weight is 342 g/mol. The quantitative estimate of drug-likeness (QED) is 0.821. The molecule has 1 aliphatic heterocycles. The molecule has 1 heterocycles. The first-order chi connectivity index (χ1) is 11.5. The minimum atomic E-state index is 0.0611. The highest BCUT2D eigenvalue weighted by Crippen LogP contribution is 2.32. The topological polar surface area (TPSA) is 42.5 Å². The lowest BCUT2D eigenvalue weighted by atomic mass is 10.1. The van der Waals surface area contributed by atoms with E-state index >= 15 is 0 Å². The molecule has 24 heavy (non-hydrogen) atoms. The molecule has 0 fully saturated rings. The Morgan fingerprint density at radius 1 is 1.08 bits per heavy atom. The summed E-state index contributed by atoms with van der Waals surface area (Å²) in [7, 11) is 0. The van der Waals surface area contributed by atoms with Crippen molar-refractivity contribution in [1.82, 2.24) is 5.32 Å². The number of hydrogen-bond donors (Lipinski definition) is 2. The van der Waals surface area contributed by atoms with E-state index in [9.17, 15) is 0 Å². The van der Waals surface area contributed by atoms with Crippen LogP contribution in [0.3, 0.4) is 0 Å². The molecule has 2 aromatic carbocycles. The second kappa shape index (κ2) is 7.09. The zero-order valence-corrected chi connectivity index (χ0v) is 15.0. The molecule has 126 valence electrons. The highest BCUT2D eigenvalue weighted by molar-refractivity contribution is 7.80. The average Bonchev–Trinajstić information content (AvgIpc) is 2.58. The van der Waals surface area contributed by atoms with Crippen molar-refractivity contribution < 1.29 is 9.47 Å². The molecule has 0 unspecified atom stereocenters. The summed E-state index contributed by atoms with van der Waals surface area (Å²) in [6, 6.07) is 12.2. The van der Waals surface area contributed by atoms with Gasteiger partial charge in [-0.2, -0.15) is 0 Å². The summed E-state index contributed by atoms with van der Waals surface area (Å²) in [5.41, 5.74) is 4.57. The Balaban J connectivity index is 1.67. The normalized spacial score (nSPS) is 14.0. The number of anilines is 1. The summed E-state index contributed by atoms with van der Waals surface area (Å²) < 4.78 is 11.2. The van der Waals surface area contributed by atoms with Crippen LogP contribution in [0.4, 0.5) is 5.69 Å². The highest BCUT2D eigenvalue weighted by Gasteiger charge is 2.15. The van der Waals surface area contributed by atoms with Gasteiger partial charge in [0.2, 0.25) is 0 Å². The third kappa shape index (κ3) is 3.62. The van der Waals surface area contributed by atoms with Crippen LogP contribution in [0.15, 0.2) is 36.4 Å². The van der Waals surface area contributed by atoms with Gasteiger partial charge in [-0.3, -0.25) is 0 Å². The second-order valence-corrected chi connectivity index (χ2v) is 6.38. The molecule has 2 aromatic rings. The van der Waals surface area contributed by atoms with Gasteiger partial charge >= 0.3 is 0 Å². The van der Waals surface area contributed by atoms with Crippen LogP contribution in [0.25, 0.3) is 0 Å². The van der Waals surface area contributed by atoms with Crippen LogP contribution in [0.1, 0.15) is 29.7 Å². The van der Waals surface area contributed by atoms with E-state index in [1.54, 1.807) is 0 Å². The van der Waals surface area contributed by atoms with Gasteiger partial charge in [-0.1, -0.05) is 18.2 Å². The molecule has 0 amide bonds. The summed E-state index contributed by atoms with van der Waals surface area (Å²) in [4.78, 5) is 0. The Labute approximate surface area is 148 Å². The second-order valence-electron chi connectivity index (χ2n) is 5.97. The Bertz CT molecular complexity index is 761. The summed E-state index contributed by atoms with van der Waals surface area (Å²) in [6.45, 7) is 7.44. The van der Waals surface area contributed by atoms with E-state index in [0.717, 1.165) is 22.7 Å². The van der Waals surface area contributed by atoms with E-state index in [0.29, 0.717) is 18.3 Å². The zero-order chi connectivity index (χ0) is 17.1. The highest BCUT2D eigenvalue weighted by atomic mass is 32.1. The summed E-state index contributed by atoms with van der Waals surface area (Å²) >= 11 is 5.46. The minimum absolute atomic E-state index is 0.0611. The third-order valence-electron chi connectivity index (χ3n) is 4.27. The largest absolute Gasteiger partial charge is 0.486 e.